The first-order valence-corrected chi connectivity index (χ1v) is 7.37. The molecular formula is C15H23ClN2O2. The van der Waals surface area contributed by atoms with Crippen LogP contribution in [0.15, 0.2) is 12.1 Å². The Kier molecular flexibility index (Phi) is 7.55. The van der Waals surface area contributed by atoms with Gasteiger partial charge in [-0.05, 0) is 37.3 Å². The molecule has 1 aromatic rings. The number of aromatic nitrogens is 1. The Hall–Kier alpha value is -1.13. The molecule has 0 aromatic carbocycles. The number of nitrogens with zero attached hydrogens (tertiary/aromatic N) is 1. The van der Waals surface area contributed by atoms with Crippen molar-refractivity contribution in [2.24, 2.45) is 0 Å². The number of carbonyl (C=O) groups excluding carboxylic acids is 1. The number of unbranched alkanes of at least 4 members (excludes halogenated alkanes) is 2. The van der Waals surface area contributed by atoms with Gasteiger partial charge in [0.15, 0.2) is 0 Å². The number of carbonyl (C=O) groups is 1. The lowest BCUT2D eigenvalue weighted by atomic mass is 10.1. The number of pyridine rings is 1. The molecule has 112 valence electrons. The van der Waals surface area contributed by atoms with Crippen molar-refractivity contribution in [3.05, 3.63) is 28.5 Å². The van der Waals surface area contributed by atoms with Crippen LogP contribution in [0.5, 0.6) is 0 Å². The summed E-state index contributed by atoms with van der Waals surface area (Å²) in [7, 11) is 1.70. The lowest BCUT2D eigenvalue weighted by molar-refractivity contribution is 0.0952. The number of methoxy groups -OCH3 is 1. The van der Waals surface area contributed by atoms with Gasteiger partial charge < -0.3 is 10.1 Å². The van der Waals surface area contributed by atoms with E-state index < -0.39 is 0 Å². The lowest BCUT2D eigenvalue weighted by Gasteiger charge is -2.09. The Bertz CT molecular complexity index is 436. The van der Waals surface area contributed by atoms with E-state index in [0.29, 0.717) is 17.3 Å². The van der Waals surface area contributed by atoms with Crippen LogP contribution in [0.25, 0.3) is 0 Å². The minimum atomic E-state index is -0.0945. The lowest BCUT2D eigenvalue weighted by Crippen LogP contribution is -2.24. The number of hydrogen-bond donors (Lipinski definition) is 1. The highest BCUT2D eigenvalue weighted by atomic mass is 35.5. The van der Waals surface area contributed by atoms with Crippen LogP contribution in [0.3, 0.4) is 0 Å². The first-order chi connectivity index (χ1) is 9.54. The second-order valence-corrected chi connectivity index (χ2v) is 5.45. The van der Waals surface area contributed by atoms with Crippen molar-refractivity contribution < 1.29 is 9.53 Å². The van der Waals surface area contributed by atoms with Gasteiger partial charge in [0, 0.05) is 31.5 Å². The average molecular weight is 299 g/mol. The maximum absolute atomic E-state index is 12.0. The van der Waals surface area contributed by atoms with E-state index in [2.05, 4.69) is 10.3 Å². The summed E-state index contributed by atoms with van der Waals surface area (Å²) in [6.45, 7) is 5.48. The van der Waals surface area contributed by atoms with Crippen LogP contribution < -0.4 is 5.32 Å². The van der Waals surface area contributed by atoms with Crippen LogP contribution in [0.2, 0.25) is 5.15 Å². The van der Waals surface area contributed by atoms with Crippen molar-refractivity contribution in [1.29, 1.82) is 0 Å². The van der Waals surface area contributed by atoms with Gasteiger partial charge in [-0.2, -0.15) is 0 Å². The molecule has 0 aliphatic carbocycles. The van der Waals surface area contributed by atoms with Crippen LogP contribution in [-0.4, -0.2) is 31.2 Å². The number of halogens is 1. The highest BCUT2D eigenvalue weighted by Gasteiger charge is 2.10. The highest BCUT2D eigenvalue weighted by Crippen LogP contribution is 2.17. The van der Waals surface area contributed by atoms with E-state index in [-0.39, 0.29) is 11.8 Å². The average Bonchev–Trinajstić information content (AvgIpc) is 2.41. The highest BCUT2D eigenvalue weighted by molar-refractivity contribution is 6.29. The largest absolute Gasteiger partial charge is 0.385 e. The first kappa shape index (κ1) is 16.9. The van der Waals surface area contributed by atoms with Gasteiger partial charge >= 0.3 is 0 Å². The third-order valence-electron chi connectivity index (χ3n) is 2.98. The second kappa shape index (κ2) is 8.93. The van der Waals surface area contributed by atoms with E-state index in [0.717, 1.165) is 31.6 Å². The summed E-state index contributed by atoms with van der Waals surface area (Å²) in [6.07, 6.45) is 3.01. The number of hydrogen-bond acceptors (Lipinski definition) is 3. The minimum absolute atomic E-state index is 0.0945. The molecule has 4 nitrogen and oxygen atoms in total. The zero-order chi connectivity index (χ0) is 15.0. The standard InChI is InChI=1S/C15H23ClN2O2/c1-11(2)13-9-12(10-14(16)18-13)15(19)17-7-5-4-6-8-20-3/h9-11H,4-8H2,1-3H3,(H,17,19). The van der Waals surface area contributed by atoms with Gasteiger partial charge in [0.05, 0.1) is 0 Å². The van der Waals surface area contributed by atoms with Gasteiger partial charge in [-0.3, -0.25) is 4.79 Å². The van der Waals surface area contributed by atoms with Crippen molar-refractivity contribution in [3.63, 3.8) is 0 Å². The summed E-state index contributed by atoms with van der Waals surface area (Å²) in [5.74, 6) is 0.150. The molecule has 0 saturated carbocycles. The van der Waals surface area contributed by atoms with Gasteiger partial charge in [0.25, 0.3) is 5.91 Å². The molecule has 0 saturated heterocycles. The molecule has 1 amide bonds. The molecular weight excluding hydrogens is 276 g/mol. The fourth-order valence-corrected chi connectivity index (χ4v) is 2.01. The van der Waals surface area contributed by atoms with Crippen LogP contribution in [0.4, 0.5) is 0 Å². The van der Waals surface area contributed by atoms with Crippen LogP contribution in [0, 0.1) is 0 Å². The van der Waals surface area contributed by atoms with Gasteiger partial charge in [-0.25, -0.2) is 4.98 Å². The van der Waals surface area contributed by atoms with Crippen molar-refractivity contribution in [1.82, 2.24) is 10.3 Å². The summed E-state index contributed by atoms with van der Waals surface area (Å²) in [4.78, 5) is 16.3. The molecule has 1 N–H and O–H groups in total. The summed E-state index contributed by atoms with van der Waals surface area (Å²) in [6, 6.07) is 3.41. The normalized spacial score (nSPS) is 10.8. The number of rotatable bonds is 8. The molecule has 0 atom stereocenters. The van der Waals surface area contributed by atoms with Crippen molar-refractivity contribution in [2.75, 3.05) is 20.3 Å². The zero-order valence-corrected chi connectivity index (χ0v) is 13.2. The fraction of sp³-hybridized carbons (Fsp3) is 0.600. The molecule has 5 heteroatoms. The minimum Gasteiger partial charge on any atom is -0.385 e. The van der Waals surface area contributed by atoms with Gasteiger partial charge in [-0.1, -0.05) is 25.4 Å². The molecule has 0 aliphatic rings. The molecule has 0 unspecified atom stereocenters. The molecule has 0 aliphatic heterocycles. The maximum Gasteiger partial charge on any atom is 0.251 e. The predicted molar refractivity (Wildman–Crippen MR) is 81.4 cm³/mol. The molecule has 1 aromatic heterocycles. The SMILES string of the molecule is COCCCCCNC(=O)c1cc(Cl)nc(C(C)C)c1. The number of ether oxygens (including phenoxy) is 1. The Labute approximate surface area is 125 Å². The topological polar surface area (TPSA) is 51.2 Å². The van der Waals surface area contributed by atoms with Crippen LogP contribution in [-0.2, 0) is 4.74 Å². The van der Waals surface area contributed by atoms with E-state index in [1.165, 1.54) is 0 Å². The number of amides is 1. The summed E-state index contributed by atoms with van der Waals surface area (Å²) in [5.41, 5.74) is 1.41. The van der Waals surface area contributed by atoms with E-state index in [1.807, 2.05) is 13.8 Å². The van der Waals surface area contributed by atoms with Crippen LogP contribution in [0.1, 0.15) is 55.1 Å². The van der Waals surface area contributed by atoms with E-state index in [9.17, 15) is 4.79 Å². The predicted octanol–water partition coefficient (Wildman–Crippen LogP) is 3.40. The van der Waals surface area contributed by atoms with Gasteiger partial charge in [-0.15, -0.1) is 0 Å². The monoisotopic (exact) mass is 298 g/mol. The fourth-order valence-electron chi connectivity index (χ4n) is 1.80. The second-order valence-electron chi connectivity index (χ2n) is 5.07. The van der Waals surface area contributed by atoms with E-state index >= 15 is 0 Å². The maximum atomic E-state index is 12.0. The van der Waals surface area contributed by atoms with Gasteiger partial charge in [0.1, 0.15) is 5.15 Å². The quantitative estimate of drug-likeness (QED) is 0.591. The molecule has 1 rings (SSSR count). The van der Waals surface area contributed by atoms with Crippen molar-refractivity contribution in [2.45, 2.75) is 39.0 Å². The molecule has 0 bridgehead atoms. The third kappa shape index (κ3) is 5.88. The first-order valence-electron chi connectivity index (χ1n) is 6.99. The van der Waals surface area contributed by atoms with Crippen LogP contribution >= 0.6 is 11.6 Å². The van der Waals surface area contributed by atoms with Gasteiger partial charge in [0.2, 0.25) is 0 Å². The van der Waals surface area contributed by atoms with Crippen molar-refractivity contribution in [3.8, 4) is 0 Å². The summed E-state index contributed by atoms with van der Waals surface area (Å²) >= 11 is 5.95. The zero-order valence-electron chi connectivity index (χ0n) is 12.4. The van der Waals surface area contributed by atoms with E-state index in [4.69, 9.17) is 16.3 Å². The third-order valence-corrected chi connectivity index (χ3v) is 3.17. The van der Waals surface area contributed by atoms with E-state index in [1.54, 1.807) is 19.2 Å². The molecule has 20 heavy (non-hydrogen) atoms. The number of nitrogens with one attached hydrogen (secondary N) is 1. The Morgan fingerprint density at radius 1 is 1.35 bits per heavy atom. The summed E-state index contributed by atoms with van der Waals surface area (Å²) < 4.78 is 4.98. The summed E-state index contributed by atoms with van der Waals surface area (Å²) in [5, 5.41) is 3.27. The Balaban J connectivity index is 2.47. The van der Waals surface area contributed by atoms with Crippen molar-refractivity contribution >= 4 is 17.5 Å². The molecule has 0 fully saturated rings. The molecule has 0 radical (unpaired) electrons. The Morgan fingerprint density at radius 2 is 2.10 bits per heavy atom. The molecule has 0 spiro atoms. The molecule has 1 heterocycles. The smallest absolute Gasteiger partial charge is 0.251 e. The Morgan fingerprint density at radius 3 is 2.75 bits per heavy atom.